The Balaban J connectivity index is 1.70. The van der Waals surface area contributed by atoms with Crippen LogP contribution < -0.4 is 5.32 Å². The molecule has 0 spiro atoms. The summed E-state index contributed by atoms with van der Waals surface area (Å²) >= 11 is 0. The molecule has 146 valence electrons. The highest BCUT2D eigenvalue weighted by molar-refractivity contribution is 5.91. The number of aryl methyl sites for hydroxylation is 3. The van der Waals surface area contributed by atoms with Crippen molar-refractivity contribution in [3.63, 3.8) is 0 Å². The normalized spacial score (nSPS) is 10.9. The lowest BCUT2D eigenvalue weighted by Crippen LogP contribution is -2.16. The molecule has 1 amide bonds. The van der Waals surface area contributed by atoms with Crippen LogP contribution in [0.25, 0.3) is 11.0 Å². The molecule has 2 aromatic heterocycles. The summed E-state index contributed by atoms with van der Waals surface area (Å²) in [6, 6.07) is 10.1. The third-order valence-electron chi connectivity index (χ3n) is 4.92. The molecule has 0 radical (unpaired) electrons. The Morgan fingerprint density at radius 3 is 2.79 bits per heavy atom. The van der Waals surface area contributed by atoms with Crippen LogP contribution in [0.15, 0.2) is 24.3 Å². The predicted octanol–water partition coefficient (Wildman–Crippen LogP) is 3.74. The van der Waals surface area contributed by atoms with Crippen molar-refractivity contribution in [2.45, 2.75) is 59.5 Å². The SMILES string of the molecule is CCCn1c(NC(=O)CCc2c(C)nn(CCC#N)c2C)nc2ccccc21. The van der Waals surface area contributed by atoms with Crippen LogP contribution >= 0.6 is 0 Å². The van der Waals surface area contributed by atoms with Crippen molar-refractivity contribution in [2.75, 3.05) is 5.32 Å². The van der Waals surface area contributed by atoms with Gasteiger partial charge >= 0.3 is 0 Å². The van der Waals surface area contributed by atoms with E-state index in [9.17, 15) is 4.79 Å². The predicted molar refractivity (Wildman–Crippen MR) is 109 cm³/mol. The zero-order chi connectivity index (χ0) is 20.1. The molecule has 0 unspecified atom stereocenters. The van der Waals surface area contributed by atoms with Crippen molar-refractivity contribution in [3.05, 3.63) is 41.2 Å². The molecule has 0 aliphatic rings. The standard InChI is InChI=1S/C21H26N6O/c1-4-13-26-19-9-6-5-8-18(19)23-21(26)24-20(28)11-10-17-15(2)25-27(16(17)3)14-7-12-22/h5-6,8-9H,4,7,10-11,13-14H2,1-3H3,(H,23,24,28). The Bertz CT molecular complexity index is 1020. The Labute approximate surface area is 165 Å². The van der Waals surface area contributed by atoms with Crippen molar-refractivity contribution in [1.82, 2.24) is 19.3 Å². The van der Waals surface area contributed by atoms with Crippen LogP contribution in [0.3, 0.4) is 0 Å². The fraction of sp³-hybridized carbons (Fsp3) is 0.429. The molecule has 3 rings (SSSR count). The molecule has 0 saturated carbocycles. The molecule has 7 heteroatoms. The van der Waals surface area contributed by atoms with Gasteiger partial charge < -0.3 is 4.57 Å². The van der Waals surface area contributed by atoms with Crippen LogP contribution in [0.5, 0.6) is 0 Å². The average molecular weight is 378 g/mol. The topological polar surface area (TPSA) is 88.5 Å². The molecule has 0 fully saturated rings. The summed E-state index contributed by atoms with van der Waals surface area (Å²) in [5.74, 6) is 0.544. The number of benzene rings is 1. The number of carbonyl (C=O) groups excluding carboxylic acids is 1. The number of hydrogen-bond acceptors (Lipinski definition) is 4. The van der Waals surface area contributed by atoms with Crippen LogP contribution in [0.1, 0.15) is 43.1 Å². The summed E-state index contributed by atoms with van der Waals surface area (Å²) in [6.07, 6.45) is 2.37. The van der Waals surface area contributed by atoms with Crippen LogP contribution in [0.4, 0.5) is 5.95 Å². The average Bonchev–Trinajstić information content (AvgIpc) is 3.15. The fourth-order valence-corrected chi connectivity index (χ4v) is 3.52. The van der Waals surface area contributed by atoms with Crippen molar-refractivity contribution in [1.29, 1.82) is 5.26 Å². The van der Waals surface area contributed by atoms with Gasteiger partial charge in [-0.15, -0.1) is 0 Å². The number of para-hydroxylation sites is 2. The number of nitrogens with one attached hydrogen (secondary N) is 1. The third kappa shape index (κ3) is 4.06. The van der Waals surface area contributed by atoms with Crippen LogP contribution in [0, 0.1) is 25.2 Å². The minimum atomic E-state index is -0.0590. The highest BCUT2D eigenvalue weighted by Gasteiger charge is 2.15. The number of amides is 1. The van der Waals surface area contributed by atoms with E-state index in [1.807, 2.05) is 42.8 Å². The van der Waals surface area contributed by atoms with Gasteiger partial charge in [0.15, 0.2) is 0 Å². The van der Waals surface area contributed by atoms with Gasteiger partial charge in [-0.25, -0.2) is 4.98 Å². The molecule has 1 N–H and O–H groups in total. The first-order valence-electron chi connectivity index (χ1n) is 9.70. The second kappa shape index (κ2) is 8.70. The number of nitriles is 1. The van der Waals surface area contributed by atoms with Crippen molar-refractivity contribution >= 4 is 22.9 Å². The van der Waals surface area contributed by atoms with Gasteiger partial charge in [-0.05, 0) is 44.4 Å². The summed E-state index contributed by atoms with van der Waals surface area (Å²) in [5.41, 5.74) is 4.94. The number of hydrogen-bond donors (Lipinski definition) is 1. The first-order valence-corrected chi connectivity index (χ1v) is 9.70. The maximum absolute atomic E-state index is 12.6. The molecule has 1 aromatic carbocycles. The molecular formula is C21H26N6O. The van der Waals surface area contributed by atoms with Crippen molar-refractivity contribution in [2.24, 2.45) is 0 Å². The van der Waals surface area contributed by atoms with Gasteiger partial charge in [0, 0.05) is 18.7 Å². The summed E-state index contributed by atoms with van der Waals surface area (Å²) in [6.45, 7) is 7.43. The van der Waals surface area contributed by atoms with E-state index in [0.29, 0.717) is 31.8 Å². The molecule has 3 aromatic rings. The summed E-state index contributed by atoms with van der Waals surface area (Å²) < 4.78 is 3.91. The quantitative estimate of drug-likeness (QED) is 0.646. The van der Waals surface area contributed by atoms with E-state index in [1.54, 1.807) is 0 Å². The Morgan fingerprint density at radius 2 is 2.04 bits per heavy atom. The minimum Gasteiger partial charge on any atom is -0.310 e. The Kier molecular flexibility index (Phi) is 6.09. The largest absolute Gasteiger partial charge is 0.310 e. The van der Waals surface area contributed by atoms with Crippen LogP contribution in [0.2, 0.25) is 0 Å². The minimum absolute atomic E-state index is 0.0590. The van der Waals surface area contributed by atoms with E-state index < -0.39 is 0 Å². The highest BCUT2D eigenvalue weighted by Crippen LogP contribution is 2.21. The molecule has 0 aliphatic carbocycles. The molecule has 0 atom stereocenters. The third-order valence-corrected chi connectivity index (χ3v) is 4.92. The summed E-state index contributed by atoms with van der Waals surface area (Å²) in [4.78, 5) is 17.2. The summed E-state index contributed by atoms with van der Waals surface area (Å²) in [7, 11) is 0. The van der Waals surface area contributed by atoms with E-state index in [0.717, 1.165) is 41.0 Å². The van der Waals surface area contributed by atoms with E-state index in [-0.39, 0.29) is 5.91 Å². The van der Waals surface area contributed by atoms with Crippen LogP contribution in [-0.4, -0.2) is 25.2 Å². The maximum Gasteiger partial charge on any atom is 0.227 e. The van der Waals surface area contributed by atoms with E-state index >= 15 is 0 Å². The second-order valence-electron chi connectivity index (χ2n) is 6.90. The molecule has 2 heterocycles. The molecule has 28 heavy (non-hydrogen) atoms. The summed E-state index contributed by atoms with van der Waals surface area (Å²) in [5, 5.41) is 16.2. The Hall–Kier alpha value is -3.14. The first kappa shape index (κ1) is 19.6. The smallest absolute Gasteiger partial charge is 0.227 e. The lowest BCUT2D eigenvalue weighted by atomic mass is 10.1. The van der Waals surface area contributed by atoms with Crippen molar-refractivity contribution in [3.8, 4) is 6.07 Å². The van der Waals surface area contributed by atoms with Gasteiger partial charge in [0.2, 0.25) is 11.9 Å². The zero-order valence-corrected chi connectivity index (χ0v) is 16.7. The van der Waals surface area contributed by atoms with Gasteiger partial charge in [-0.3, -0.25) is 14.8 Å². The number of rotatable bonds is 8. The lowest BCUT2D eigenvalue weighted by molar-refractivity contribution is -0.116. The van der Waals surface area contributed by atoms with Gasteiger partial charge in [0.1, 0.15) is 0 Å². The Morgan fingerprint density at radius 1 is 1.25 bits per heavy atom. The zero-order valence-electron chi connectivity index (χ0n) is 16.7. The molecule has 7 nitrogen and oxygen atoms in total. The van der Waals surface area contributed by atoms with E-state index in [2.05, 4.69) is 33.0 Å². The highest BCUT2D eigenvalue weighted by atomic mass is 16.1. The van der Waals surface area contributed by atoms with Gasteiger partial charge in [-0.1, -0.05) is 19.1 Å². The van der Waals surface area contributed by atoms with Gasteiger partial charge in [-0.2, -0.15) is 10.4 Å². The molecule has 0 aliphatic heterocycles. The maximum atomic E-state index is 12.6. The van der Waals surface area contributed by atoms with E-state index in [1.165, 1.54) is 0 Å². The second-order valence-corrected chi connectivity index (χ2v) is 6.90. The molecule has 0 saturated heterocycles. The fourth-order valence-electron chi connectivity index (χ4n) is 3.52. The monoisotopic (exact) mass is 378 g/mol. The number of nitrogens with zero attached hydrogens (tertiary/aromatic N) is 5. The number of fused-ring (bicyclic) bond motifs is 1. The number of aromatic nitrogens is 4. The number of imidazole rings is 1. The first-order chi connectivity index (χ1) is 13.5. The van der Waals surface area contributed by atoms with E-state index in [4.69, 9.17) is 5.26 Å². The number of carbonyl (C=O) groups is 1. The lowest BCUT2D eigenvalue weighted by Gasteiger charge is -2.09. The van der Waals surface area contributed by atoms with Gasteiger partial charge in [0.25, 0.3) is 0 Å². The van der Waals surface area contributed by atoms with Gasteiger partial charge in [0.05, 0.1) is 35.8 Å². The van der Waals surface area contributed by atoms with Crippen molar-refractivity contribution < 1.29 is 4.79 Å². The number of anilines is 1. The van der Waals surface area contributed by atoms with Crippen LogP contribution in [-0.2, 0) is 24.3 Å². The molecular weight excluding hydrogens is 352 g/mol. The molecule has 0 bridgehead atoms.